The number of ketones is 1. The number of nitrogens with zero attached hydrogens (tertiary/aromatic N) is 2. The largest absolute Gasteiger partial charge is 0.496 e. The van der Waals surface area contributed by atoms with Crippen molar-refractivity contribution in [2.45, 2.75) is 12.1 Å². The summed E-state index contributed by atoms with van der Waals surface area (Å²) in [6.45, 7) is 0. The highest BCUT2D eigenvalue weighted by Gasteiger charge is 2.64. The van der Waals surface area contributed by atoms with Gasteiger partial charge in [0.25, 0.3) is 0 Å². The average molecular weight is 608 g/mol. The summed E-state index contributed by atoms with van der Waals surface area (Å²) in [6.07, 6.45) is 3.93. The molecule has 2 fully saturated rings. The number of amides is 2. The minimum absolute atomic E-state index is 0.209. The van der Waals surface area contributed by atoms with E-state index >= 15 is 0 Å². The number of anilines is 2. The number of rotatable bonds is 4. The third-order valence-corrected chi connectivity index (χ3v) is 8.35. The van der Waals surface area contributed by atoms with Gasteiger partial charge in [-0.15, -0.1) is 0 Å². The van der Waals surface area contributed by atoms with Crippen LogP contribution in [0.1, 0.15) is 15.9 Å². The number of benzene rings is 3. The van der Waals surface area contributed by atoms with Gasteiger partial charge in [0, 0.05) is 15.7 Å². The predicted molar refractivity (Wildman–Crippen MR) is 144 cm³/mol. The first-order valence-electron chi connectivity index (χ1n) is 11.5. The van der Waals surface area contributed by atoms with Crippen LogP contribution in [0.2, 0.25) is 0 Å². The minimum Gasteiger partial charge on any atom is -0.496 e. The predicted octanol–water partition coefficient (Wildman–Crippen LogP) is 5.49. The number of fused-ring (bicyclic) bond motifs is 5. The van der Waals surface area contributed by atoms with Crippen molar-refractivity contribution < 1.29 is 19.1 Å². The molecule has 2 saturated heterocycles. The molecular weight excluding hydrogens is 588 g/mol. The number of halogens is 2. The van der Waals surface area contributed by atoms with Crippen molar-refractivity contribution in [3.63, 3.8) is 0 Å². The molecule has 4 atom stereocenters. The van der Waals surface area contributed by atoms with Crippen LogP contribution in [0.4, 0.5) is 11.4 Å². The lowest BCUT2D eigenvalue weighted by atomic mass is 9.86. The molecule has 36 heavy (non-hydrogen) atoms. The number of hydrogen-bond donors (Lipinski definition) is 0. The molecule has 3 aromatic carbocycles. The van der Waals surface area contributed by atoms with Gasteiger partial charge in [-0.2, -0.15) is 0 Å². The second-order valence-corrected chi connectivity index (χ2v) is 10.8. The zero-order chi connectivity index (χ0) is 25.1. The normalized spacial score (nSPS) is 24.0. The highest BCUT2D eigenvalue weighted by Crippen LogP contribution is 2.50. The van der Waals surface area contributed by atoms with Crippen molar-refractivity contribution in [1.29, 1.82) is 0 Å². The molecule has 180 valence electrons. The van der Waals surface area contributed by atoms with E-state index in [2.05, 4.69) is 31.9 Å². The Morgan fingerprint density at radius 3 is 2.36 bits per heavy atom. The summed E-state index contributed by atoms with van der Waals surface area (Å²) in [6, 6.07) is 18.7. The zero-order valence-corrected chi connectivity index (χ0v) is 22.3. The van der Waals surface area contributed by atoms with E-state index in [1.54, 1.807) is 49.6 Å². The molecule has 0 unspecified atom stereocenters. The van der Waals surface area contributed by atoms with Gasteiger partial charge >= 0.3 is 0 Å². The summed E-state index contributed by atoms with van der Waals surface area (Å²) in [5.41, 5.74) is 2.75. The van der Waals surface area contributed by atoms with Gasteiger partial charge in [0.05, 0.1) is 35.1 Å². The highest BCUT2D eigenvalue weighted by molar-refractivity contribution is 9.10. The second kappa shape index (κ2) is 8.71. The van der Waals surface area contributed by atoms with E-state index in [9.17, 15) is 14.4 Å². The van der Waals surface area contributed by atoms with Gasteiger partial charge in [-0.3, -0.25) is 14.4 Å². The fourth-order valence-corrected chi connectivity index (χ4v) is 6.45. The van der Waals surface area contributed by atoms with Crippen molar-refractivity contribution in [1.82, 2.24) is 0 Å². The molecule has 0 spiro atoms. The monoisotopic (exact) mass is 606 g/mol. The topological polar surface area (TPSA) is 66.9 Å². The zero-order valence-electron chi connectivity index (χ0n) is 19.1. The first-order valence-corrected chi connectivity index (χ1v) is 13.1. The number of para-hydroxylation sites is 1. The molecule has 8 heteroatoms. The summed E-state index contributed by atoms with van der Waals surface area (Å²) in [5.74, 6) is -1.71. The van der Waals surface area contributed by atoms with Crippen molar-refractivity contribution in [2.75, 3.05) is 16.9 Å². The van der Waals surface area contributed by atoms with Crippen molar-refractivity contribution in [2.24, 2.45) is 11.8 Å². The van der Waals surface area contributed by atoms with Gasteiger partial charge in [0.15, 0.2) is 5.78 Å². The lowest BCUT2D eigenvalue weighted by Crippen LogP contribution is -2.48. The molecule has 0 aromatic heterocycles. The van der Waals surface area contributed by atoms with Crippen LogP contribution in [0.3, 0.4) is 0 Å². The number of ether oxygens (including phenoxy) is 1. The van der Waals surface area contributed by atoms with Crippen LogP contribution in [0.5, 0.6) is 5.75 Å². The van der Waals surface area contributed by atoms with E-state index in [0.717, 1.165) is 15.7 Å². The third-order valence-electron chi connectivity index (χ3n) is 7.20. The first-order chi connectivity index (χ1) is 17.4. The summed E-state index contributed by atoms with van der Waals surface area (Å²) in [7, 11) is 1.56. The summed E-state index contributed by atoms with van der Waals surface area (Å²) in [4.78, 5) is 45.1. The number of Topliss-reactive ketones (excluding diaryl/α,β-unsaturated/α-hetero) is 1. The maximum absolute atomic E-state index is 14.1. The third kappa shape index (κ3) is 3.38. The van der Waals surface area contributed by atoms with Crippen LogP contribution < -0.4 is 14.5 Å². The Morgan fingerprint density at radius 1 is 0.917 bits per heavy atom. The summed E-state index contributed by atoms with van der Waals surface area (Å²) >= 11 is 6.87. The fraction of sp³-hybridized carbons (Fsp3) is 0.179. The van der Waals surface area contributed by atoms with Crippen molar-refractivity contribution in [3.8, 4) is 5.75 Å². The minimum atomic E-state index is -0.830. The molecule has 6 nitrogen and oxygen atoms in total. The number of carbonyl (C=O) groups is 3. The fourth-order valence-electron chi connectivity index (χ4n) is 5.65. The summed E-state index contributed by atoms with van der Waals surface area (Å²) < 4.78 is 6.82. The Labute approximate surface area is 224 Å². The Bertz CT molecular complexity index is 1450. The molecule has 3 aliphatic heterocycles. The summed E-state index contributed by atoms with van der Waals surface area (Å²) in [5, 5.41) is 0. The van der Waals surface area contributed by atoms with Gasteiger partial charge < -0.3 is 9.64 Å². The average Bonchev–Trinajstić information content (AvgIpc) is 3.37. The van der Waals surface area contributed by atoms with E-state index in [1.165, 1.54) is 4.90 Å². The lowest BCUT2D eigenvalue weighted by molar-refractivity contribution is -0.122. The molecule has 2 amide bonds. The quantitative estimate of drug-likeness (QED) is 0.290. The van der Waals surface area contributed by atoms with Gasteiger partial charge in [0.1, 0.15) is 11.8 Å². The van der Waals surface area contributed by atoms with Crippen LogP contribution in [-0.4, -0.2) is 36.8 Å². The standard InChI is InChI=1S/C28H20Br2N2O4/c1-36-22-13-7-16(14-19(22)30)26(33)25-24-23(21-12-6-15-4-2-3-5-20(15)32(21)25)27(34)31(28(24)35)18-10-8-17(29)9-11-18/h2-14,21,23-25H,1H3/t21-,23-,24+,25-/m1/s1. The Balaban J connectivity index is 1.48. The molecule has 0 N–H and O–H groups in total. The maximum Gasteiger partial charge on any atom is 0.240 e. The molecule has 6 rings (SSSR count). The molecule has 0 bridgehead atoms. The first kappa shape index (κ1) is 23.2. The van der Waals surface area contributed by atoms with Gasteiger partial charge in [-0.25, -0.2) is 4.90 Å². The van der Waals surface area contributed by atoms with Crippen molar-refractivity contribution >= 4 is 66.9 Å². The molecule has 0 aliphatic carbocycles. The SMILES string of the molecule is COc1ccc(C(=O)[C@H]2[C@H]3C(=O)N(c4ccc(Br)cc4)C(=O)[C@@H]3[C@H]3C=Cc4ccccc4N32)cc1Br. The molecule has 3 heterocycles. The van der Waals surface area contributed by atoms with Crippen LogP contribution in [0, 0.1) is 11.8 Å². The van der Waals surface area contributed by atoms with Crippen LogP contribution >= 0.6 is 31.9 Å². The van der Waals surface area contributed by atoms with E-state index in [0.29, 0.717) is 21.5 Å². The lowest BCUT2D eigenvalue weighted by Gasteiger charge is -2.36. The van der Waals surface area contributed by atoms with Crippen LogP contribution in [0.25, 0.3) is 6.08 Å². The molecule has 3 aromatic rings. The van der Waals surface area contributed by atoms with Gasteiger partial charge in [0.2, 0.25) is 11.8 Å². The number of carbonyl (C=O) groups excluding carboxylic acids is 3. The van der Waals surface area contributed by atoms with Crippen LogP contribution in [0.15, 0.2) is 81.8 Å². The second-order valence-electron chi connectivity index (χ2n) is 9.01. The van der Waals surface area contributed by atoms with E-state index in [1.807, 2.05) is 41.3 Å². The Kier molecular flexibility index (Phi) is 5.61. The number of imide groups is 1. The number of methoxy groups -OCH3 is 1. The molecule has 0 saturated carbocycles. The smallest absolute Gasteiger partial charge is 0.240 e. The van der Waals surface area contributed by atoms with Crippen molar-refractivity contribution in [3.05, 3.63) is 92.9 Å². The molecule has 3 aliphatic rings. The van der Waals surface area contributed by atoms with E-state index in [-0.39, 0.29) is 17.6 Å². The van der Waals surface area contributed by atoms with E-state index in [4.69, 9.17) is 4.74 Å². The Hall–Kier alpha value is -3.23. The van der Waals surface area contributed by atoms with Gasteiger partial charge in [-0.05, 0) is 70.0 Å². The highest BCUT2D eigenvalue weighted by atomic mass is 79.9. The number of hydrogen-bond acceptors (Lipinski definition) is 5. The van der Waals surface area contributed by atoms with E-state index < -0.39 is 23.9 Å². The molecule has 0 radical (unpaired) electrons. The molecular formula is C28H20Br2N2O4. The van der Waals surface area contributed by atoms with Gasteiger partial charge in [-0.1, -0.05) is 46.3 Å². The Morgan fingerprint density at radius 2 is 1.64 bits per heavy atom. The van der Waals surface area contributed by atoms with Crippen LogP contribution in [-0.2, 0) is 9.59 Å². The maximum atomic E-state index is 14.1.